The number of methoxy groups -OCH3 is 1. The Morgan fingerprint density at radius 3 is 2.80 bits per heavy atom. The first kappa shape index (κ1) is 19.9. The quantitative estimate of drug-likeness (QED) is 0.612. The predicted molar refractivity (Wildman–Crippen MR) is 116 cm³/mol. The fourth-order valence-corrected chi connectivity index (χ4v) is 4.04. The number of amides is 2. The molecule has 0 bridgehead atoms. The third-order valence-corrected chi connectivity index (χ3v) is 5.57. The Bertz CT molecular complexity index is 1080. The molecule has 1 N–H and O–H groups in total. The first-order valence-corrected chi connectivity index (χ1v) is 10.2. The van der Waals surface area contributed by atoms with Crippen molar-refractivity contribution in [2.24, 2.45) is 5.92 Å². The van der Waals surface area contributed by atoms with Gasteiger partial charge in [-0.25, -0.2) is 4.98 Å². The molecule has 2 amide bonds. The van der Waals surface area contributed by atoms with E-state index in [0.29, 0.717) is 24.5 Å². The van der Waals surface area contributed by atoms with Crippen molar-refractivity contribution < 1.29 is 14.3 Å². The van der Waals surface area contributed by atoms with E-state index in [1.54, 1.807) is 12.0 Å². The van der Waals surface area contributed by atoms with Crippen molar-refractivity contribution in [1.82, 2.24) is 14.9 Å². The van der Waals surface area contributed by atoms with Gasteiger partial charge < -0.3 is 19.5 Å². The van der Waals surface area contributed by atoms with Crippen LogP contribution in [-0.4, -0.2) is 41.6 Å². The van der Waals surface area contributed by atoms with Crippen LogP contribution in [0.5, 0.6) is 5.75 Å². The van der Waals surface area contributed by atoms with Gasteiger partial charge in [0.15, 0.2) is 0 Å². The van der Waals surface area contributed by atoms with Crippen molar-refractivity contribution in [2.75, 3.05) is 25.1 Å². The largest absolute Gasteiger partial charge is 0.495 e. The fraction of sp³-hybridized carbons (Fsp3) is 0.348. The Morgan fingerprint density at radius 1 is 1.20 bits per heavy atom. The van der Waals surface area contributed by atoms with Gasteiger partial charge >= 0.3 is 0 Å². The molecule has 1 saturated heterocycles. The van der Waals surface area contributed by atoms with Crippen molar-refractivity contribution in [3.63, 3.8) is 0 Å². The molecule has 0 radical (unpaired) electrons. The van der Waals surface area contributed by atoms with Gasteiger partial charge in [-0.05, 0) is 37.6 Å². The van der Waals surface area contributed by atoms with Crippen LogP contribution < -0.4 is 15.0 Å². The van der Waals surface area contributed by atoms with E-state index in [2.05, 4.69) is 20.9 Å². The molecule has 1 aliphatic rings. The second kappa shape index (κ2) is 8.57. The number of anilines is 1. The molecule has 2 aromatic carbocycles. The van der Waals surface area contributed by atoms with Crippen LogP contribution in [0.15, 0.2) is 48.5 Å². The number of nitrogens with zero attached hydrogens (tertiary/aromatic N) is 3. The summed E-state index contributed by atoms with van der Waals surface area (Å²) in [7, 11) is 1.58. The lowest BCUT2D eigenvalue weighted by atomic mass is 10.1. The first-order valence-electron chi connectivity index (χ1n) is 10.2. The molecule has 1 fully saturated rings. The van der Waals surface area contributed by atoms with Gasteiger partial charge in [-0.3, -0.25) is 9.59 Å². The van der Waals surface area contributed by atoms with Crippen LogP contribution in [0.4, 0.5) is 5.69 Å². The van der Waals surface area contributed by atoms with Crippen LogP contribution in [-0.2, 0) is 16.1 Å². The minimum Gasteiger partial charge on any atom is -0.495 e. The second-order valence-electron chi connectivity index (χ2n) is 7.52. The second-order valence-corrected chi connectivity index (χ2v) is 7.52. The third kappa shape index (κ3) is 3.87. The molecular weight excluding hydrogens is 380 g/mol. The molecule has 1 unspecified atom stereocenters. The zero-order valence-electron chi connectivity index (χ0n) is 17.3. The van der Waals surface area contributed by atoms with Crippen LogP contribution in [0, 0.1) is 12.8 Å². The minimum atomic E-state index is -0.349. The van der Waals surface area contributed by atoms with Crippen LogP contribution >= 0.6 is 0 Å². The number of carbonyl (C=O) groups is 2. The van der Waals surface area contributed by atoms with Crippen LogP contribution in [0.25, 0.3) is 11.0 Å². The molecule has 7 nitrogen and oxygen atoms in total. The van der Waals surface area contributed by atoms with Gasteiger partial charge in [0.2, 0.25) is 11.8 Å². The van der Waals surface area contributed by atoms with Crippen molar-refractivity contribution in [2.45, 2.75) is 26.3 Å². The summed E-state index contributed by atoms with van der Waals surface area (Å²) in [6.45, 7) is 3.71. The number of benzene rings is 2. The van der Waals surface area contributed by atoms with Gasteiger partial charge in [-0.2, -0.15) is 0 Å². The standard InChI is InChI=1S/C23H26N4O3/c1-16-25-18-8-3-4-9-19(18)26(16)13-7-12-24-23(29)17-14-22(28)27(15-17)20-10-5-6-11-21(20)30-2/h3-6,8-11,17H,7,12-15H2,1-2H3,(H,24,29). The van der Waals surface area contributed by atoms with Crippen molar-refractivity contribution in [3.05, 3.63) is 54.4 Å². The predicted octanol–water partition coefficient (Wildman–Crippen LogP) is 2.91. The third-order valence-electron chi connectivity index (χ3n) is 5.57. The van der Waals surface area contributed by atoms with E-state index in [-0.39, 0.29) is 24.2 Å². The average molecular weight is 406 g/mol. The molecule has 1 atom stereocenters. The zero-order valence-corrected chi connectivity index (χ0v) is 17.3. The molecule has 0 aliphatic carbocycles. The number of aromatic nitrogens is 2. The van der Waals surface area contributed by atoms with Crippen LogP contribution in [0.3, 0.4) is 0 Å². The number of hydrogen-bond donors (Lipinski definition) is 1. The molecule has 3 aromatic rings. The molecule has 0 spiro atoms. The number of hydrogen-bond acceptors (Lipinski definition) is 4. The smallest absolute Gasteiger partial charge is 0.227 e. The normalized spacial score (nSPS) is 16.3. The fourth-order valence-electron chi connectivity index (χ4n) is 4.04. The number of fused-ring (bicyclic) bond motifs is 1. The molecule has 1 aliphatic heterocycles. The lowest BCUT2D eigenvalue weighted by molar-refractivity contribution is -0.126. The van der Waals surface area contributed by atoms with E-state index < -0.39 is 0 Å². The summed E-state index contributed by atoms with van der Waals surface area (Å²) in [5.41, 5.74) is 2.80. The Balaban J connectivity index is 1.31. The minimum absolute atomic E-state index is 0.0554. The van der Waals surface area contributed by atoms with Gasteiger partial charge in [0.1, 0.15) is 11.6 Å². The van der Waals surface area contributed by atoms with Gasteiger partial charge in [0, 0.05) is 26.1 Å². The van der Waals surface area contributed by atoms with Crippen LogP contribution in [0.1, 0.15) is 18.7 Å². The van der Waals surface area contributed by atoms with E-state index in [4.69, 9.17) is 4.74 Å². The van der Waals surface area contributed by atoms with E-state index in [1.807, 2.05) is 49.4 Å². The Hall–Kier alpha value is -3.35. The number of aryl methyl sites for hydroxylation is 2. The Morgan fingerprint density at radius 2 is 1.97 bits per heavy atom. The topological polar surface area (TPSA) is 76.5 Å². The number of carbonyl (C=O) groups excluding carboxylic acids is 2. The molecule has 4 rings (SSSR count). The maximum Gasteiger partial charge on any atom is 0.227 e. The Labute approximate surface area is 175 Å². The first-order chi connectivity index (χ1) is 14.6. The molecule has 7 heteroatoms. The summed E-state index contributed by atoms with van der Waals surface area (Å²) in [5, 5.41) is 2.99. The number of rotatable bonds is 7. The zero-order chi connectivity index (χ0) is 21.1. The summed E-state index contributed by atoms with van der Waals surface area (Å²) in [5.74, 6) is 1.12. The summed E-state index contributed by atoms with van der Waals surface area (Å²) in [4.78, 5) is 31.3. The molecule has 156 valence electrons. The summed E-state index contributed by atoms with van der Waals surface area (Å²) in [6, 6.07) is 15.4. The summed E-state index contributed by atoms with van der Waals surface area (Å²) >= 11 is 0. The van der Waals surface area contributed by atoms with Gasteiger partial charge in [-0.1, -0.05) is 24.3 Å². The Kier molecular flexibility index (Phi) is 5.70. The molecule has 30 heavy (non-hydrogen) atoms. The highest BCUT2D eigenvalue weighted by molar-refractivity contribution is 6.01. The number of ether oxygens (including phenoxy) is 1. The molecule has 0 saturated carbocycles. The molecular formula is C23H26N4O3. The molecule has 1 aromatic heterocycles. The van der Waals surface area contributed by atoms with Crippen molar-refractivity contribution in [3.8, 4) is 5.75 Å². The van der Waals surface area contributed by atoms with Crippen LogP contribution in [0.2, 0.25) is 0 Å². The number of para-hydroxylation sites is 4. The van der Waals surface area contributed by atoms with Gasteiger partial charge in [-0.15, -0.1) is 0 Å². The van der Waals surface area contributed by atoms with E-state index in [1.165, 1.54) is 0 Å². The average Bonchev–Trinajstić information content (AvgIpc) is 3.30. The monoisotopic (exact) mass is 406 g/mol. The summed E-state index contributed by atoms with van der Waals surface area (Å²) < 4.78 is 7.53. The SMILES string of the molecule is COc1ccccc1N1CC(C(=O)NCCCn2c(C)nc3ccccc32)CC1=O. The maximum absolute atomic E-state index is 12.6. The lowest BCUT2D eigenvalue weighted by Gasteiger charge is -2.19. The van der Waals surface area contributed by atoms with E-state index in [0.717, 1.165) is 29.8 Å². The van der Waals surface area contributed by atoms with Crippen molar-refractivity contribution >= 4 is 28.5 Å². The van der Waals surface area contributed by atoms with E-state index in [9.17, 15) is 9.59 Å². The highest BCUT2D eigenvalue weighted by Crippen LogP contribution is 2.32. The summed E-state index contributed by atoms with van der Waals surface area (Å²) in [6.07, 6.45) is 1.01. The van der Waals surface area contributed by atoms with Gasteiger partial charge in [0.05, 0.1) is 29.7 Å². The number of imidazole rings is 1. The maximum atomic E-state index is 12.6. The van der Waals surface area contributed by atoms with E-state index >= 15 is 0 Å². The van der Waals surface area contributed by atoms with Crippen molar-refractivity contribution in [1.29, 1.82) is 0 Å². The number of nitrogens with one attached hydrogen (secondary N) is 1. The lowest BCUT2D eigenvalue weighted by Crippen LogP contribution is -2.34. The molecule has 2 heterocycles. The highest BCUT2D eigenvalue weighted by Gasteiger charge is 2.36. The highest BCUT2D eigenvalue weighted by atomic mass is 16.5. The van der Waals surface area contributed by atoms with Gasteiger partial charge in [0.25, 0.3) is 0 Å².